The molecule has 0 bridgehead atoms. The molecule has 0 amide bonds. The van der Waals surface area contributed by atoms with Gasteiger partial charge in [-0.3, -0.25) is 9.79 Å². The number of hydrogen-bond donors (Lipinski definition) is 2. The van der Waals surface area contributed by atoms with Crippen LogP contribution in [0.4, 0.5) is 18.9 Å². The zero-order valence-electron chi connectivity index (χ0n) is 18.6. The average Bonchev–Trinajstić information content (AvgIpc) is 3.08. The maximum absolute atomic E-state index is 13.2. The Labute approximate surface area is 196 Å². The van der Waals surface area contributed by atoms with E-state index in [9.17, 15) is 23.1 Å². The minimum absolute atomic E-state index is 0.140. The number of alkyl halides is 3. The van der Waals surface area contributed by atoms with Crippen molar-refractivity contribution < 1.29 is 23.1 Å². The second-order valence-corrected chi connectivity index (χ2v) is 8.74. The summed E-state index contributed by atoms with van der Waals surface area (Å²) in [4.78, 5) is 16.7. The summed E-state index contributed by atoms with van der Waals surface area (Å²) in [5, 5.41) is 13.1. The van der Waals surface area contributed by atoms with Gasteiger partial charge >= 0.3 is 12.1 Å². The van der Waals surface area contributed by atoms with E-state index in [1.807, 2.05) is 61.5 Å². The number of carboxylic acid groups (broad SMARTS) is 1. The number of fused-ring (bicyclic) bond motifs is 1. The van der Waals surface area contributed by atoms with E-state index in [2.05, 4.69) is 5.32 Å². The van der Waals surface area contributed by atoms with Gasteiger partial charge in [0.15, 0.2) is 0 Å². The lowest BCUT2D eigenvalue weighted by atomic mass is 9.73. The van der Waals surface area contributed by atoms with Crippen molar-refractivity contribution in [3.63, 3.8) is 0 Å². The normalized spacial score (nSPS) is 18.3. The van der Waals surface area contributed by atoms with Gasteiger partial charge in [0.25, 0.3) is 0 Å². The van der Waals surface area contributed by atoms with E-state index in [4.69, 9.17) is 4.99 Å². The third-order valence-corrected chi connectivity index (χ3v) is 6.23. The molecule has 0 spiro atoms. The number of aliphatic carboxylic acids is 1. The molecule has 4 nitrogen and oxygen atoms in total. The molecule has 0 radical (unpaired) electrons. The van der Waals surface area contributed by atoms with Crippen LogP contribution in [-0.2, 0) is 29.4 Å². The zero-order chi connectivity index (χ0) is 24.3. The first-order valence-electron chi connectivity index (χ1n) is 11.0. The number of nitrogens with one attached hydrogen (secondary N) is 1. The quantitative estimate of drug-likeness (QED) is 0.433. The summed E-state index contributed by atoms with van der Waals surface area (Å²) in [7, 11) is 0. The lowest BCUT2D eigenvalue weighted by molar-refractivity contribution is -0.138. The third kappa shape index (κ3) is 5.04. The van der Waals surface area contributed by atoms with Gasteiger partial charge in [-0.1, -0.05) is 66.7 Å². The van der Waals surface area contributed by atoms with Crippen molar-refractivity contribution in [3.8, 4) is 0 Å². The van der Waals surface area contributed by atoms with Crippen LogP contribution < -0.4 is 5.32 Å². The Morgan fingerprint density at radius 2 is 1.68 bits per heavy atom. The van der Waals surface area contributed by atoms with Gasteiger partial charge in [0, 0.05) is 17.7 Å². The molecule has 1 heterocycles. The van der Waals surface area contributed by atoms with Crippen molar-refractivity contribution in [2.75, 3.05) is 0 Å². The van der Waals surface area contributed by atoms with Crippen LogP contribution in [0.25, 0.3) is 0 Å². The number of rotatable bonds is 8. The number of para-hydroxylation sites is 1. The minimum Gasteiger partial charge on any atom is -0.481 e. The van der Waals surface area contributed by atoms with Crippen molar-refractivity contribution >= 4 is 17.4 Å². The number of carbonyl (C=O) groups is 1. The Morgan fingerprint density at radius 3 is 2.38 bits per heavy atom. The van der Waals surface area contributed by atoms with Gasteiger partial charge < -0.3 is 10.4 Å². The molecule has 2 atom stereocenters. The fourth-order valence-corrected chi connectivity index (χ4v) is 4.59. The van der Waals surface area contributed by atoms with E-state index >= 15 is 0 Å². The zero-order valence-corrected chi connectivity index (χ0v) is 18.6. The van der Waals surface area contributed by atoms with Crippen LogP contribution in [0, 0.1) is 0 Å². The number of aliphatic imine (C=N–C) groups is 1. The van der Waals surface area contributed by atoms with Crippen LogP contribution in [0.3, 0.4) is 0 Å². The molecule has 0 aromatic heterocycles. The molecule has 0 aliphatic carbocycles. The van der Waals surface area contributed by atoms with Crippen LogP contribution in [0.2, 0.25) is 0 Å². The van der Waals surface area contributed by atoms with Crippen molar-refractivity contribution in [2.24, 2.45) is 4.99 Å². The highest BCUT2D eigenvalue weighted by atomic mass is 19.4. The SMILES string of the molecule is CC1(CC(=O)O)C(C(Cc2ccccc2)NCc2cccc(C(F)(F)F)c2)=Nc2ccccc21. The smallest absolute Gasteiger partial charge is 0.416 e. The molecule has 1 aliphatic heterocycles. The average molecular weight is 467 g/mol. The molecule has 3 aromatic rings. The summed E-state index contributed by atoms with van der Waals surface area (Å²) in [5.74, 6) is -0.941. The number of halogens is 3. The first-order chi connectivity index (χ1) is 16.2. The molecule has 0 saturated heterocycles. The monoisotopic (exact) mass is 466 g/mol. The Balaban J connectivity index is 1.68. The fraction of sp³-hybridized carbons (Fsp3) is 0.259. The molecule has 34 heavy (non-hydrogen) atoms. The van der Waals surface area contributed by atoms with Crippen LogP contribution in [0.15, 0.2) is 83.9 Å². The van der Waals surface area contributed by atoms with Crippen molar-refractivity contribution in [2.45, 2.75) is 43.9 Å². The number of hydrogen-bond acceptors (Lipinski definition) is 3. The van der Waals surface area contributed by atoms with Gasteiger partial charge in [0.2, 0.25) is 0 Å². The molecule has 0 fully saturated rings. The standard InChI is InChI=1S/C27H25F3N2O2/c1-26(16-24(33)34)21-12-5-6-13-22(21)32-25(26)23(15-18-8-3-2-4-9-18)31-17-19-10-7-11-20(14-19)27(28,29)30/h2-14,23,31H,15-17H2,1H3,(H,33,34). The van der Waals surface area contributed by atoms with E-state index in [1.54, 1.807) is 6.07 Å². The van der Waals surface area contributed by atoms with E-state index in [0.29, 0.717) is 17.7 Å². The van der Waals surface area contributed by atoms with Gasteiger partial charge in [0.1, 0.15) is 0 Å². The second-order valence-electron chi connectivity index (χ2n) is 8.74. The highest BCUT2D eigenvalue weighted by molar-refractivity contribution is 6.06. The summed E-state index contributed by atoms with van der Waals surface area (Å²) in [6, 6.07) is 22.0. The van der Waals surface area contributed by atoms with Gasteiger partial charge in [-0.05, 0) is 42.2 Å². The van der Waals surface area contributed by atoms with E-state index in [0.717, 1.165) is 28.9 Å². The molecular formula is C27H25F3N2O2. The molecular weight excluding hydrogens is 441 g/mol. The fourth-order valence-electron chi connectivity index (χ4n) is 4.59. The summed E-state index contributed by atoms with van der Waals surface area (Å²) < 4.78 is 39.5. The van der Waals surface area contributed by atoms with Crippen molar-refractivity contribution in [1.29, 1.82) is 0 Å². The Hall–Kier alpha value is -3.45. The third-order valence-electron chi connectivity index (χ3n) is 6.23. The second kappa shape index (κ2) is 9.43. The predicted octanol–water partition coefficient (Wildman–Crippen LogP) is 5.93. The largest absolute Gasteiger partial charge is 0.481 e. The highest BCUT2D eigenvalue weighted by Gasteiger charge is 2.44. The maximum atomic E-state index is 13.2. The van der Waals surface area contributed by atoms with Gasteiger partial charge in [-0.15, -0.1) is 0 Å². The molecule has 2 unspecified atom stereocenters. The van der Waals surface area contributed by atoms with Crippen LogP contribution >= 0.6 is 0 Å². The summed E-state index contributed by atoms with van der Waals surface area (Å²) >= 11 is 0. The number of benzene rings is 3. The molecule has 3 aromatic carbocycles. The molecule has 176 valence electrons. The first kappa shape index (κ1) is 23.7. The van der Waals surface area contributed by atoms with Crippen molar-refractivity contribution in [3.05, 3.63) is 101 Å². The molecule has 7 heteroatoms. The molecule has 1 aliphatic rings. The summed E-state index contributed by atoms with van der Waals surface area (Å²) in [5.41, 5.74) is 2.19. The Morgan fingerprint density at radius 1 is 1.00 bits per heavy atom. The minimum atomic E-state index is -4.42. The lowest BCUT2D eigenvalue weighted by Gasteiger charge is -2.32. The summed E-state index contributed by atoms with van der Waals surface area (Å²) in [6.07, 6.45) is -4.04. The predicted molar refractivity (Wildman–Crippen MR) is 125 cm³/mol. The summed E-state index contributed by atoms with van der Waals surface area (Å²) in [6.45, 7) is 2.05. The maximum Gasteiger partial charge on any atom is 0.416 e. The Kier molecular flexibility index (Phi) is 6.57. The number of nitrogens with zero attached hydrogens (tertiary/aromatic N) is 1. The van der Waals surface area contributed by atoms with Crippen LogP contribution in [-0.4, -0.2) is 22.8 Å². The number of carboxylic acids is 1. The Bertz CT molecular complexity index is 1210. The van der Waals surface area contributed by atoms with E-state index in [-0.39, 0.29) is 19.0 Å². The first-order valence-corrected chi connectivity index (χ1v) is 11.0. The van der Waals surface area contributed by atoms with Crippen molar-refractivity contribution in [1.82, 2.24) is 5.32 Å². The topological polar surface area (TPSA) is 61.7 Å². The van der Waals surface area contributed by atoms with E-state index < -0.39 is 23.1 Å². The van der Waals surface area contributed by atoms with Gasteiger partial charge in [-0.2, -0.15) is 13.2 Å². The van der Waals surface area contributed by atoms with Gasteiger partial charge in [-0.25, -0.2) is 0 Å². The van der Waals surface area contributed by atoms with Crippen LogP contribution in [0.5, 0.6) is 0 Å². The molecule has 0 saturated carbocycles. The highest BCUT2D eigenvalue weighted by Crippen LogP contribution is 2.43. The molecule has 4 rings (SSSR count). The van der Waals surface area contributed by atoms with Gasteiger partial charge in [0.05, 0.1) is 23.7 Å². The molecule has 2 N–H and O–H groups in total. The van der Waals surface area contributed by atoms with E-state index in [1.165, 1.54) is 6.07 Å². The van der Waals surface area contributed by atoms with Crippen LogP contribution in [0.1, 0.15) is 35.6 Å². The lowest BCUT2D eigenvalue weighted by Crippen LogP contribution is -2.47.